The van der Waals surface area contributed by atoms with Crippen molar-refractivity contribution < 1.29 is 19.6 Å². The summed E-state index contributed by atoms with van der Waals surface area (Å²) in [5, 5.41) is 23.2. The van der Waals surface area contributed by atoms with E-state index in [1.54, 1.807) is 6.07 Å². The normalized spacial score (nSPS) is 12.1. The molecule has 0 aliphatic heterocycles. The number of amides is 1. The van der Waals surface area contributed by atoms with E-state index in [9.17, 15) is 24.8 Å². The summed E-state index contributed by atoms with van der Waals surface area (Å²) in [7, 11) is 0. The maximum Gasteiger partial charge on any atom is 0.308 e. The van der Waals surface area contributed by atoms with Gasteiger partial charge in [-0.05, 0) is 30.5 Å². The van der Waals surface area contributed by atoms with Crippen molar-refractivity contribution in [3.63, 3.8) is 0 Å². The molecule has 8 heteroatoms. The fourth-order valence-corrected chi connectivity index (χ4v) is 2.65. The lowest BCUT2D eigenvalue weighted by Crippen LogP contribution is -2.33. The monoisotopic (exact) mass is 345 g/mol. The van der Waals surface area contributed by atoms with Gasteiger partial charge in [0, 0.05) is 18.8 Å². The summed E-state index contributed by atoms with van der Waals surface area (Å²) in [4.78, 5) is 38.4. The molecule has 2 aromatic rings. The summed E-state index contributed by atoms with van der Waals surface area (Å²) < 4.78 is 0. The van der Waals surface area contributed by atoms with Gasteiger partial charge in [-0.25, -0.2) is 0 Å². The minimum Gasteiger partial charge on any atom is -0.481 e. The van der Waals surface area contributed by atoms with Crippen LogP contribution in [0.3, 0.4) is 0 Å². The van der Waals surface area contributed by atoms with E-state index < -0.39 is 22.7 Å². The number of non-ortho nitro benzene ring substituents is 1. The molecule has 1 unspecified atom stereocenters. The Morgan fingerprint density at radius 2 is 2.04 bits per heavy atom. The number of nitro benzene ring substituents is 1. The molecule has 2 rings (SSSR count). The van der Waals surface area contributed by atoms with Crippen LogP contribution in [-0.4, -0.2) is 33.4 Å². The van der Waals surface area contributed by atoms with E-state index >= 15 is 0 Å². The van der Waals surface area contributed by atoms with Gasteiger partial charge in [-0.15, -0.1) is 0 Å². The number of carboxylic acids is 1. The molecule has 0 saturated carbocycles. The van der Waals surface area contributed by atoms with Crippen molar-refractivity contribution in [1.29, 1.82) is 0 Å². The highest BCUT2D eigenvalue weighted by atomic mass is 16.6. The molecule has 1 heterocycles. The van der Waals surface area contributed by atoms with Gasteiger partial charge in [0.05, 0.1) is 27.3 Å². The molecular formula is C17H19N3O5. The first-order valence-electron chi connectivity index (χ1n) is 7.84. The number of aromatic nitrogens is 1. The van der Waals surface area contributed by atoms with Gasteiger partial charge >= 0.3 is 5.97 Å². The van der Waals surface area contributed by atoms with E-state index in [2.05, 4.69) is 10.3 Å². The van der Waals surface area contributed by atoms with Crippen LogP contribution in [0.25, 0.3) is 10.9 Å². The van der Waals surface area contributed by atoms with E-state index in [1.807, 2.05) is 13.8 Å². The molecule has 0 aliphatic rings. The number of carbonyl (C=O) groups is 2. The lowest BCUT2D eigenvalue weighted by Gasteiger charge is -2.15. The number of hydrogen-bond donors (Lipinski definition) is 2. The number of carboxylic acid groups (broad SMARTS) is 1. The van der Waals surface area contributed by atoms with Crippen LogP contribution in [0.5, 0.6) is 0 Å². The van der Waals surface area contributed by atoms with Crippen LogP contribution in [-0.2, 0) is 4.79 Å². The van der Waals surface area contributed by atoms with E-state index in [0.29, 0.717) is 6.42 Å². The van der Waals surface area contributed by atoms with E-state index in [0.717, 1.165) is 0 Å². The second-order valence-electron chi connectivity index (χ2n) is 6.16. The summed E-state index contributed by atoms with van der Waals surface area (Å²) in [5.74, 6) is -1.99. The Labute approximate surface area is 144 Å². The molecule has 0 aliphatic carbocycles. The first kappa shape index (κ1) is 18.3. The quantitative estimate of drug-likeness (QED) is 0.587. The van der Waals surface area contributed by atoms with Crippen molar-refractivity contribution in [3.05, 3.63) is 46.1 Å². The number of nitrogens with zero attached hydrogens (tertiary/aromatic N) is 2. The maximum absolute atomic E-state index is 12.4. The highest BCUT2D eigenvalue weighted by molar-refractivity contribution is 6.07. The molecule has 0 fully saturated rings. The van der Waals surface area contributed by atoms with E-state index in [4.69, 9.17) is 0 Å². The molecule has 8 nitrogen and oxygen atoms in total. The fourth-order valence-electron chi connectivity index (χ4n) is 2.65. The molecule has 2 N–H and O–H groups in total. The Balaban J connectivity index is 2.27. The van der Waals surface area contributed by atoms with Crippen LogP contribution in [0.2, 0.25) is 0 Å². The van der Waals surface area contributed by atoms with Gasteiger partial charge in [-0.2, -0.15) is 0 Å². The zero-order valence-electron chi connectivity index (χ0n) is 13.9. The molecule has 0 radical (unpaired) electrons. The number of rotatable bonds is 7. The van der Waals surface area contributed by atoms with E-state index in [1.165, 1.54) is 24.4 Å². The number of nitro groups is 1. The Hall–Kier alpha value is -3.03. The number of carbonyl (C=O) groups excluding carboxylic acids is 1. The number of hydrogen-bond acceptors (Lipinski definition) is 5. The first-order valence-corrected chi connectivity index (χ1v) is 7.84. The second kappa shape index (κ2) is 7.69. The van der Waals surface area contributed by atoms with Crippen LogP contribution < -0.4 is 5.32 Å². The lowest BCUT2D eigenvalue weighted by atomic mass is 9.97. The third-order valence-corrected chi connectivity index (χ3v) is 3.80. The highest BCUT2D eigenvalue weighted by Gasteiger charge is 2.22. The zero-order valence-corrected chi connectivity index (χ0v) is 13.9. The number of pyridine rings is 1. The van der Waals surface area contributed by atoms with Gasteiger partial charge in [0.15, 0.2) is 0 Å². The third-order valence-electron chi connectivity index (χ3n) is 3.80. The van der Waals surface area contributed by atoms with Crippen molar-refractivity contribution in [1.82, 2.24) is 10.3 Å². The van der Waals surface area contributed by atoms with Crippen molar-refractivity contribution in [3.8, 4) is 0 Å². The largest absolute Gasteiger partial charge is 0.481 e. The van der Waals surface area contributed by atoms with Gasteiger partial charge < -0.3 is 10.4 Å². The molecule has 0 spiro atoms. The molecule has 0 bridgehead atoms. The average Bonchev–Trinajstić information content (AvgIpc) is 2.56. The highest BCUT2D eigenvalue weighted by Crippen LogP contribution is 2.26. The molecule has 25 heavy (non-hydrogen) atoms. The van der Waals surface area contributed by atoms with Gasteiger partial charge in [-0.3, -0.25) is 24.7 Å². The topological polar surface area (TPSA) is 122 Å². The minimum absolute atomic E-state index is 0.0162. The summed E-state index contributed by atoms with van der Waals surface area (Å²) in [6.07, 6.45) is 1.89. The Kier molecular flexibility index (Phi) is 5.63. The van der Waals surface area contributed by atoms with Gasteiger partial charge in [-0.1, -0.05) is 13.8 Å². The van der Waals surface area contributed by atoms with Crippen molar-refractivity contribution >= 4 is 28.5 Å². The lowest BCUT2D eigenvalue weighted by molar-refractivity contribution is -0.383. The van der Waals surface area contributed by atoms with Crippen LogP contribution in [0, 0.1) is 22.0 Å². The molecule has 1 atom stereocenters. The van der Waals surface area contributed by atoms with Crippen LogP contribution in [0.15, 0.2) is 30.5 Å². The summed E-state index contributed by atoms with van der Waals surface area (Å²) >= 11 is 0. The fraction of sp³-hybridized carbons (Fsp3) is 0.353. The number of nitrogens with one attached hydrogen (secondary N) is 1. The number of aliphatic carboxylic acids is 1. The Bertz CT molecular complexity index is 819. The SMILES string of the molecule is CC(C)CC(CNC(=O)c1ccc([N+](=O)[O-])c2cccnc12)C(=O)O. The molecule has 1 aromatic carbocycles. The summed E-state index contributed by atoms with van der Waals surface area (Å²) in [5.41, 5.74) is 0.252. The smallest absolute Gasteiger partial charge is 0.308 e. The third kappa shape index (κ3) is 4.28. The predicted molar refractivity (Wildman–Crippen MR) is 91.3 cm³/mol. The summed E-state index contributed by atoms with van der Waals surface area (Å²) in [6, 6.07) is 5.67. The standard InChI is InChI=1S/C17H19N3O5/c1-10(2)8-11(17(22)23)9-19-16(21)13-5-6-14(20(24)25)12-4-3-7-18-15(12)13/h3-7,10-11H,8-9H2,1-2H3,(H,19,21)(H,22,23). The predicted octanol–water partition coefficient (Wildman–Crippen LogP) is 2.62. The molecule has 0 saturated heterocycles. The zero-order chi connectivity index (χ0) is 18.6. The molecule has 132 valence electrons. The number of benzene rings is 1. The van der Waals surface area contributed by atoms with Gasteiger partial charge in [0.2, 0.25) is 0 Å². The second-order valence-corrected chi connectivity index (χ2v) is 6.16. The van der Waals surface area contributed by atoms with Crippen molar-refractivity contribution in [2.75, 3.05) is 6.54 Å². The Morgan fingerprint density at radius 1 is 1.32 bits per heavy atom. The van der Waals surface area contributed by atoms with Crippen LogP contribution in [0.1, 0.15) is 30.6 Å². The Morgan fingerprint density at radius 3 is 2.64 bits per heavy atom. The van der Waals surface area contributed by atoms with Gasteiger partial charge in [0.25, 0.3) is 11.6 Å². The van der Waals surface area contributed by atoms with Crippen LogP contribution in [0.4, 0.5) is 5.69 Å². The molecular weight excluding hydrogens is 326 g/mol. The number of fused-ring (bicyclic) bond motifs is 1. The van der Waals surface area contributed by atoms with Crippen molar-refractivity contribution in [2.45, 2.75) is 20.3 Å². The maximum atomic E-state index is 12.4. The average molecular weight is 345 g/mol. The van der Waals surface area contributed by atoms with Crippen LogP contribution >= 0.6 is 0 Å². The van der Waals surface area contributed by atoms with Gasteiger partial charge in [0.1, 0.15) is 0 Å². The minimum atomic E-state index is -0.972. The molecule has 1 aromatic heterocycles. The summed E-state index contributed by atoms with van der Waals surface area (Å²) in [6.45, 7) is 3.80. The van der Waals surface area contributed by atoms with Crippen molar-refractivity contribution in [2.24, 2.45) is 11.8 Å². The first-order chi connectivity index (χ1) is 11.8. The van der Waals surface area contributed by atoms with E-state index in [-0.39, 0.29) is 34.6 Å². The molecule has 1 amide bonds.